The molecule has 2 aromatic rings. The molecule has 1 saturated heterocycles. The first kappa shape index (κ1) is 22.0. The van der Waals surface area contributed by atoms with E-state index in [0.29, 0.717) is 34.4 Å². The number of methoxy groups -OCH3 is 1. The normalized spacial score (nSPS) is 14.0. The zero-order valence-corrected chi connectivity index (χ0v) is 18.4. The molecule has 0 aliphatic carbocycles. The van der Waals surface area contributed by atoms with Gasteiger partial charge in [0.1, 0.15) is 5.75 Å². The second-order valence-electron chi connectivity index (χ2n) is 7.82. The number of nitrogens with zero attached hydrogens (tertiary/aromatic N) is 2. The molecule has 0 spiro atoms. The number of ether oxygens (including phenoxy) is 1. The molecular weight excluding hydrogens is 402 g/mol. The molecule has 1 heterocycles. The second kappa shape index (κ2) is 9.85. The van der Waals surface area contributed by atoms with Crippen molar-refractivity contribution in [1.82, 2.24) is 4.90 Å². The average molecular weight is 430 g/mol. The van der Waals surface area contributed by atoms with Gasteiger partial charge in [0.05, 0.1) is 12.1 Å². The van der Waals surface area contributed by atoms with E-state index >= 15 is 0 Å². The number of halogens is 1. The van der Waals surface area contributed by atoms with Gasteiger partial charge in [-0.2, -0.15) is 0 Å². The maximum atomic E-state index is 12.5. The number of amides is 2. The Morgan fingerprint density at radius 3 is 2.30 bits per heavy atom. The van der Waals surface area contributed by atoms with Crippen molar-refractivity contribution < 1.29 is 14.3 Å². The highest BCUT2D eigenvalue weighted by Crippen LogP contribution is 2.26. The van der Waals surface area contributed by atoms with E-state index in [-0.39, 0.29) is 11.8 Å². The van der Waals surface area contributed by atoms with Crippen LogP contribution in [0.15, 0.2) is 42.5 Å². The Kier molecular flexibility index (Phi) is 7.21. The van der Waals surface area contributed by atoms with E-state index in [4.69, 9.17) is 16.3 Å². The minimum Gasteiger partial charge on any atom is -0.495 e. The highest BCUT2D eigenvalue weighted by atomic mass is 35.5. The summed E-state index contributed by atoms with van der Waals surface area (Å²) in [6, 6.07) is 12.7. The van der Waals surface area contributed by atoms with Crippen molar-refractivity contribution in [3.63, 3.8) is 0 Å². The predicted molar refractivity (Wildman–Crippen MR) is 121 cm³/mol. The molecule has 0 atom stereocenters. The van der Waals surface area contributed by atoms with E-state index in [1.54, 1.807) is 18.2 Å². The van der Waals surface area contributed by atoms with Crippen LogP contribution < -0.4 is 15.0 Å². The van der Waals surface area contributed by atoms with Gasteiger partial charge in [-0.1, -0.05) is 25.4 Å². The molecule has 1 N–H and O–H groups in total. The van der Waals surface area contributed by atoms with Crippen molar-refractivity contribution >= 4 is 34.8 Å². The van der Waals surface area contributed by atoms with Crippen LogP contribution in [0.4, 0.5) is 11.4 Å². The first-order valence-corrected chi connectivity index (χ1v) is 10.5. The quantitative estimate of drug-likeness (QED) is 0.743. The molecule has 6 nitrogen and oxygen atoms in total. The van der Waals surface area contributed by atoms with Crippen LogP contribution in [0.5, 0.6) is 5.75 Å². The lowest BCUT2D eigenvalue weighted by atomic mass is 10.1. The first-order valence-electron chi connectivity index (χ1n) is 10.1. The number of carbonyl (C=O) groups excluding carboxylic acids is 2. The van der Waals surface area contributed by atoms with Gasteiger partial charge >= 0.3 is 0 Å². The third-order valence-corrected chi connectivity index (χ3v) is 5.41. The molecular formula is C23H28ClN3O3. The Morgan fingerprint density at radius 2 is 1.73 bits per heavy atom. The summed E-state index contributed by atoms with van der Waals surface area (Å²) in [6.45, 7) is 7.22. The van der Waals surface area contributed by atoms with Gasteiger partial charge < -0.3 is 19.9 Å². The van der Waals surface area contributed by atoms with Crippen LogP contribution in [0, 0.1) is 5.92 Å². The van der Waals surface area contributed by atoms with E-state index < -0.39 is 0 Å². The van der Waals surface area contributed by atoms with Gasteiger partial charge in [-0.3, -0.25) is 9.59 Å². The highest BCUT2D eigenvalue weighted by molar-refractivity contribution is 6.32. The van der Waals surface area contributed by atoms with Crippen molar-refractivity contribution in [3.8, 4) is 5.75 Å². The smallest absolute Gasteiger partial charge is 0.255 e. The van der Waals surface area contributed by atoms with Gasteiger partial charge in [0, 0.05) is 49.5 Å². The van der Waals surface area contributed by atoms with Gasteiger partial charge in [0.15, 0.2) is 0 Å². The molecule has 0 bridgehead atoms. The van der Waals surface area contributed by atoms with Crippen LogP contribution in [0.1, 0.15) is 30.6 Å². The fraction of sp³-hybridized carbons (Fsp3) is 0.391. The molecule has 2 aromatic carbocycles. The minimum absolute atomic E-state index is 0.232. The van der Waals surface area contributed by atoms with Gasteiger partial charge in [-0.15, -0.1) is 0 Å². The Hall–Kier alpha value is -2.73. The van der Waals surface area contributed by atoms with Crippen molar-refractivity contribution in [2.24, 2.45) is 5.92 Å². The van der Waals surface area contributed by atoms with Gasteiger partial charge in [-0.25, -0.2) is 0 Å². The third-order valence-electron chi connectivity index (χ3n) is 5.12. The SMILES string of the molecule is COc1ccc(C(=O)Nc2ccc(N3CCN(C(=O)CC(C)C)CC3)cc2)cc1Cl. The predicted octanol–water partition coefficient (Wildman–Crippen LogP) is 4.30. The van der Waals surface area contributed by atoms with Gasteiger partial charge in [0.25, 0.3) is 5.91 Å². The highest BCUT2D eigenvalue weighted by Gasteiger charge is 2.21. The molecule has 3 rings (SSSR count). The second-order valence-corrected chi connectivity index (χ2v) is 8.22. The molecule has 1 fully saturated rings. The summed E-state index contributed by atoms with van der Waals surface area (Å²) in [5.41, 5.74) is 2.25. The molecule has 2 amide bonds. The summed E-state index contributed by atoms with van der Waals surface area (Å²) >= 11 is 6.10. The van der Waals surface area contributed by atoms with Crippen LogP contribution in [-0.4, -0.2) is 50.0 Å². The summed E-state index contributed by atoms with van der Waals surface area (Å²) in [6.07, 6.45) is 0.605. The van der Waals surface area contributed by atoms with Crippen LogP contribution in [0.25, 0.3) is 0 Å². The molecule has 0 radical (unpaired) electrons. The lowest BCUT2D eigenvalue weighted by Gasteiger charge is -2.36. The number of piperazine rings is 1. The summed E-state index contributed by atoms with van der Waals surface area (Å²) in [5, 5.41) is 3.28. The van der Waals surface area contributed by atoms with E-state index in [9.17, 15) is 9.59 Å². The lowest BCUT2D eigenvalue weighted by Crippen LogP contribution is -2.49. The number of hydrogen-bond acceptors (Lipinski definition) is 4. The summed E-state index contributed by atoms with van der Waals surface area (Å²) in [7, 11) is 1.53. The molecule has 7 heteroatoms. The van der Waals surface area contributed by atoms with Crippen LogP contribution in [0.2, 0.25) is 5.02 Å². The molecule has 30 heavy (non-hydrogen) atoms. The average Bonchev–Trinajstić information content (AvgIpc) is 2.74. The van der Waals surface area contributed by atoms with Crippen LogP contribution in [-0.2, 0) is 4.79 Å². The van der Waals surface area contributed by atoms with Crippen molar-refractivity contribution in [1.29, 1.82) is 0 Å². The van der Waals surface area contributed by atoms with Crippen molar-refractivity contribution in [2.45, 2.75) is 20.3 Å². The third kappa shape index (κ3) is 5.45. The lowest BCUT2D eigenvalue weighted by molar-refractivity contribution is -0.132. The van der Waals surface area contributed by atoms with E-state index in [0.717, 1.165) is 31.9 Å². The van der Waals surface area contributed by atoms with Gasteiger partial charge in [0.2, 0.25) is 5.91 Å². The maximum Gasteiger partial charge on any atom is 0.255 e. The number of nitrogens with one attached hydrogen (secondary N) is 1. The van der Waals surface area contributed by atoms with E-state index in [1.807, 2.05) is 29.2 Å². The summed E-state index contributed by atoms with van der Waals surface area (Å²) in [5.74, 6) is 0.918. The number of hydrogen-bond donors (Lipinski definition) is 1. The molecule has 1 aliphatic heterocycles. The summed E-state index contributed by atoms with van der Waals surface area (Å²) in [4.78, 5) is 28.9. The van der Waals surface area contributed by atoms with E-state index in [1.165, 1.54) is 7.11 Å². The Morgan fingerprint density at radius 1 is 1.07 bits per heavy atom. The van der Waals surface area contributed by atoms with Crippen LogP contribution >= 0.6 is 11.6 Å². The summed E-state index contributed by atoms with van der Waals surface area (Å²) < 4.78 is 5.12. The zero-order valence-electron chi connectivity index (χ0n) is 17.7. The van der Waals surface area contributed by atoms with Crippen molar-refractivity contribution in [3.05, 3.63) is 53.1 Å². The van der Waals surface area contributed by atoms with Crippen LogP contribution in [0.3, 0.4) is 0 Å². The maximum absolute atomic E-state index is 12.5. The molecule has 0 unspecified atom stereocenters. The molecule has 1 aliphatic rings. The van der Waals surface area contributed by atoms with Gasteiger partial charge in [-0.05, 0) is 48.4 Å². The number of carbonyl (C=O) groups is 2. The fourth-order valence-corrected chi connectivity index (χ4v) is 3.72. The fourth-order valence-electron chi connectivity index (χ4n) is 3.46. The topological polar surface area (TPSA) is 61.9 Å². The monoisotopic (exact) mass is 429 g/mol. The zero-order chi connectivity index (χ0) is 21.7. The molecule has 160 valence electrons. The Bertz CT molecular complexity index is 891. The number of anilines is 2. The molecule has 0 saturated carbocycles. The molecule has 0 aromatic heterocycles. The minimum atomic E-state index is -0.232. The standard InChI is InChI=1S/C23H28ClN3O3/c1-16(2)14-22(28)27-12-10-26(11-13-27)19-7-5-18(6-8-19)25-23(29)17-4-9-21(30-3)20(24)15-17/h4-9,15-16H,10-14H2,1-3H3,(H,25,29). The largest absolute Gasteiger partial charge is 0.495 e. The first-order chi connectivity index (χ1) is 14.4. The Labute approximate surface area is 182 Å². The van der Waals surface area contributed by atoms with E-state index in [2.05, 4.69) is 24.1 Å². The number of benzene rings is 2. The van der Waals surface area contributed by atoms with Crippen molar-refractivity contribution in [2.75, 3.05) is 43.5 Å². The Balaban J connectivity index is 1.56. The number of rotatable bonds is 6.